The van der Waals surface area contributed by atoms with Crippen molar-refractivity contribution in [3.8, 4) is 0 Å². The van der Waals surface area contributed by atoms with Crippen LogP contribution in [0.15, 0.2) is 18.2 Å². The zero-order chi connectivity index (χ0) is 12.3. The molecule has 0 saturated carbocycles. The van der Waals surface area contributed by atoms with Crippen molar-refractivity contribution in [1.29, 1.82) is 0 Å². The summed E-state index contributed by atoms with van der Waals surface area (Å²) in [5.41, 5.74) is 3.46. The van der Waals surface area contributed by atoms with Crippen LogP contribution in [0.1, 0.15) is 48.5 Å². The molecule has 1 aromatic carbocycles. The molecule has 1 aliphatic heterocycles. The number of rotatable bonds is 3. The monoisotopic (exact) mass is 234 g/mol. The number of benzene rings is 1. The van der Waals surface area contributed by atoms with Crippen LogP contribution in [-0.2, 0) is 4.74 Å². The van der Waals surface area contributed by atoms with Crippen molar-refractivity contribution in [1.82, 2.24) is 0 Å². The lowest BCUT2D eigenvalue weighted by molar-refractivity contribution is -0.0156. The van der Waals surface area contributed by atoms with Crippen LogP contribution in [0.25, 0.3) is 0 Å². The summed E-state index contributed by atoms with van der Waals surface area (Å²) in [4.78, 5) is 0. The van der Waals surface area contributed by atoms with Crippen molar-refractivity contribution in [3.05, 3.63) is 34.9 Å². The van der Waals surface area contributed by atoms with Crippen LogP contribution < -0.4 is 0 Å². The van der Waals surface area contributed by atoms with Gasteiger partial charge >= 0.3 is 0 Å². The number of hydrogen-bond acceptors (Lipinski definition) is 2. The molecule has 94 valence electrons. The van der Waals surface area contributed by atoms with Crippen LogP contribution in [0.5, 0.6) is 0 Å². The first-order valence-corrected chi connectivity index (χ1v) is 6.53. The smallest absolute Gasteiger partial charge is 0.0817 e. The second kappa shape index (κ2) is 5.65. The molecule has 0 aliphatic carbocycles. The van der Waals surface area contributed by atoms with Gasteiger partial charge < -0.3 is 9.84 Å². The van der Waals surface area contributed by atoms with Crippen LogP contribution in [0.3, 0.4) is 0 Å². The number of aliphatic hydroxyl groups excluding tert-OH is 1. The molecule has 0 bridgehead atoms. The van der Waals surface area contributed by atoms with Gasteiger partial charge in [-0.1, -0.05) is 23.8 Å². The fourth-order valence-electron chi connectivity index (χ4n) is 2.57. The van der Waals surface area contributed by atoms with Gasteiger partial charge in [0.15, 0.2) is 0 Å². The van der Waals surface area contributed by atoms with E-state index in [1.807, 2.05) is 6.07 Å². The van der Waals surface area contributed by atoms with Gasteiger partial charge in [0, 0.05) is 13.0 Å². The Morgan fingerprint density at radius 2 is 2.18 bits per heavy atom. The fourth-order valence-corrected chi connectivity index (χ4v) is 2.57. The molecule has 17 heavy (non-hydrogen) atoms. The van der Waals surface area contributed by atoms with Gasteiger partial charge in [0.2, 0.25) is 0 Å². The maximum atomic E-state index is 10.3. The van der Waals surface area contributed by atoms with Crippen molar-refractivity contribution < 1.29 is 9.84 Å². The number of hydrogen-bond donors (Lipinski definition) is 1. The van der Waals surface area contributed by atoms with Crippen LogP contribution >= 0.6 is 0 Å². The Labute approximate surface area is 104 Å². The van der Waals surface area contributed by atoms with Crippen molar-refractivity contribution in [3.63, 3.8) is 0 Å². The van der Waals surface area contributed by atoms with Gasteiger partial charge in [0.1, 0.15) is 0 Å². The summed E-state index contributed by atoms with van der Waals surface area (Å²) in [6, 6.07) is 6.23. The van der Waals surface area contributed by atoms with E-state index in [9.17, 15) is 5.11 Å². The molecule has 0 spiro atoms. The summed E-state index contributed by atoms with van der Waals surface area (Å²) in [5, 5.41) is 10.3. The lowest BCUT2D eigenvalue weighted by Gasteiger charge is -2.25. The molecule has 1 saturated heterocycles. The van der Waals surface area contributed by atoms with Gasteiger partial charge in [-0.3, -0.25) is 0 Å². The van der Waals surface area contributed by atoms with E-state index in [0.717, 1.165) is 31.4 Å². The summed E-state index contributed by atoms with van der Waals surface area (Å²) >= 11 is 0. The third-order valence-electron chi connectivity index (χ3n) is 3.54. The molecular formula is C15H22O2. The van der Waals surface area contributed by atoms with Gasteiger partial charge in [-0.15, -0.1) is 0 Å². The molecule has 1 fully saturated rings. The van der Waals surface area contributed by atoms with Gasteiger partial charge in [-0.05, 0) is 44.2 Å². The van der Waals surface area contributed by atoms with Gasteiger partial charge in [-0.25, -0.2) is 0 Å². The minimum absolute atomic E-state index is 0.236. The quantitative estimate of drug-likeness (QED) is 0.869. The molecule has 1 aromatic rings. The van der Waals surface area contributed by atoms with Crippen LogP contribution in [-0.4, -0.2) is 17.8 Å². The normalized spacial score (nSPS) is 22.4. The Kier molecular flexibility index (Phi) is 4.19. The molecule has 0 aromatic heterocycles. The first-order valence-electron chi connectivity index (χ1n) is 6.53. The average molecular weight is 234 g/mol. The molecule has 0 radical (unpaired) electrons. The lowest BCUT2D eigenvalue weighted by atomic mass is 9.95. The van der Waals surface area contributed by atoms with E-state index in [-0.39, 0.29) is 6.10 Å². The molecule has 2 rings (SSSR count). The van der Waals surface area contributed by atoms with Crippen molar-refractivity contribution in [2.75, 3.05) is 6.61 Å². The van der Waals surface area contributed by atoms with Crippen LogP contribution in [0.4, 0.5) is 0 Å². The molecule has 1 N–H and O–H groups in total. The summed E-state index contributed by atoms with van der Waals surface area (Å²) in [6.45, 7) is 4.99. The first kappa shape index (κ1) is 12.6. The number of aliphatic hydroxyl groups is 1. The van der Waals surface area contributed by atoms with Gasteiger partial charge in [0.25, 0.3) is 0 Å². The maximum Gasteiger partial charge on any atom is 0.0817 e. The van der Waals surface area contributed by atoms with E-state index in [4.69, 9.17) is 4.74 Å². The predicted octanol–water partition coefficient (Wildman–Crippen LogP) is 3.30. The fraction of sp³-hybridized carbons (Fsp3) is 0.600. The first-order chi connectivity index (χ1) is 8.16. The SMILES string of the molecule is Cc1ccc(C(O)CC2CCCCO2)c(C)c1. The highest BCUT2D eigenvalue weighted by atomic mass is 16.5. The van der Waals surface area contributed by atoms with Crippen molar-refractivity contribution in [2.45, 2.75) is 51.7 Å². The Morgan fingerprint density at radius 1 is 1.35 bits per heavy atom. The van der Waals surface area contributed by atoms with E-state index in [1.165, 1.54) is 17.5 Å². The van der Waals surface area contributed by atoms with E-state index in [1.54, 1.807) is 0 Å². The Bertz CT molecular complexity index is 367. The summed E-state index contributed by atoms with van der Waals surface area (Å²) in [5.74, 6) is 0. The molecule has 2 nitrogen and oxygen atoms in total. The largest absolute Gasteiger partial charge is 0.388 e. The third-order valence-corrected chi connectivity index (χ3v) is 3.54. The topological polar surface area (TPSA) is 29.5 Å². The van der Waals surface area contributed by atoms with Crippen LogP contribution in [0, 0.1) is 13.8 Å². The minimum Gasteiger partial charge on any atom is -0.388 e. The molecule has 1 aliphatic rings. The maximum absolute atomic E-state index is 10.3. The standard InChI is InChI=1S/C15H22O2/c1-11-6-7-14(12(2)9-11)15(16)10-13-5-3-4-8-17-13/h6-7,9,13,15-16H,3-5,8,10H2,1-2H3. The van der Waals surface area contributed by atoms with E-state index >= 15 is 0 Å². The molecule has 2 heteroatoms. The minimum atomic E-state index is -0.390. The number of ether oxygens (including phenoxy) is 1. The van der Waals surface area contributed by atoms with Gasteiger partial charge in [-0.2, -0.15) is 0 Å². The zero-order valence-corrected chi connectivity index (χ0v) is 10.8. The molecular weight excluding hydrogens is 212 g/mol. The zero-order valence-electron chi connectivity index (χ0n) is 10.8. The third kappa shape index (κ3) is 3.30. The average Bonchev–Trinajstić information content (AvgIpc) is 2.30. The van der Waals surface area contributed by atoms with E-state index in [0.29, 0.717) is 0 Å². The van der Waals surface area contributed by atoms with E-state index in [2.05, 4.69) is 26.0 Å². The second-order valence-electron chi connectivity index (χ2n) is 5.10. The Hall–Kier alpha value is -0.860. The van der Waals surface area contributed by atoms with Crippen LogP contribution in [0.2, 0.25) is 0 Å². The predicted molar refractivity (Wildman–Crippen MR) is 69.1 cm³/mol. The van der Waals surface area contributed by atoms with Crippen molar-refractivity contribution >= 4 is 0 Å². The molecule has 0 amide bonds. The molecule has 2 atom stereocenters. The van der Waals surface area contributed by atoms with Gasteiger partial charge in [0.05, 0.1) is 12.2 Å². The number of aryl methyl sites for hydroxylation is 2. The van der Waals surface area contributed by atoms with Crippen molar-refractivity contribution in [2.24, 2.45) is 0 Å². The highest BCUT2D eigenvalue weighted by Crippen LogP contribution is 2.27. The highest BCUT2D eigenvalue weighted by Gasteiger charge is 2.20. The molecule has 2 unspecified atom stereocenters. The second-order valence-corrected chi connectivity index (χ2v) is 5.10. The Morgan fingerprint density at radius 3 is 2.82 bits per heavy atom. The summed E-state index contributed by atoms with van der Waals surface area (Å²) < 4.78 is 5.67. The Balaban J connectivity index is 2.00. The summed E-state index contributed by atoms with van der Waals surface area (Å²) in [7, 11) is 0. The van der Waals surface area contributed by atoms with E-state index < -0.39 is 6.10 Å². The highest BCUT2D eigenvalue weighted by molar-refractivity contribution is 5.32. The lowest BCUT2D eigenvalue weighted by Crippen LogP contribution is -2.21. The summed E-state index contributed by atoms with van der Waals surface area (Å²) in [6.07, 6.45) is 4.05. The molecule has 1 heterocycles.